The number of nitriles is 1. The number of rotatable bonds is 3. The molecule has 0 aromatic heterocycles. The standard InChI is InChI=1S/C14H9BrCl2N2/c15-11-3-4-14(13(17)6-11)19-8-10-2-1-9(7-18)5-12(10)16/h1-6,19H,8H2. The van der Waals surface area contributed by atoms with E-state index in [9.17, 15) is 0 Å². The lowest BCUT2D eigenvalue weighted by Crippen LogP contribution is -2.00. The molecule has 0 spiro atoms. The van der Waals surface area contributed by atoms with Gasteiger partial charge in [0.25, 0.3) is 0 Å². The molecule has 0 atom stereocenters. The zero-order valence-electron chi connectivity index (χ0n) is 9.75. The summed E-state index contributed by atoms with van der Waals surface area (Å²) >= 11 is 15.6. The van der Waals surface area contributed by atoms with Crippen LogP contribution in [0.5, 0.6) is 0 Å². The van der Waals surface area contributed by atoms with E-state index in [2.05, 4.69) is 27.3 Å². The molecule has 2 nitrogen and oxygen atoms in total. The number of benzene rings is 2. The van der Waals surface area contributed by atoms with Crippen molar-refractivity contribution in [2.75, 3.05) is 5.32 Å². The molecule has 0 fully saturated rings. The molecule has 0 aliphatic heterocycles. The lowest BCUT2D eigenvalue weighted by atomic mass is 10.1. The molecule has 96 valence electrons. The second-order valence-electron chi connectivity index (χ2n) is 3.90. The first-order valence-electron chi connectivity index (χ1n) is 5.47. The molecule has 19 heavy (non-hydrogen) atoms. The van der Waals surface area contributed by atoms with Crippen LogP contribution in [-0.4, -0.2) is 0 Å². The van der Waals surface area contributed by atoms with Crippen LogP contribution >= 0.6 is 39.1 Å². The highest BCUT2D eigenvalue weighted by Crippen LogP contribution is 2.27. The van der Waals surface area contributed by atoms with Crippen LogP contribution in [-0.2, 0) is 6.54 Å². The van der Waals surface area contributed by atoms with Gasteiger partial charge in [-0.3, -0.25) is 0 Å². The molecule has 0 aliphatic carbocycles. The fraction of sp³-hybridized carbons (Fsp3) is 0.0714. The zero-order valence-corrected chi connectivity index (χ0v) is 12.9. The van der Waals surface area contributed by atoms with Crippen molar-refractivity contribution in [1.29, 1.82) is 5.26 Å². The van der Waals surface area contributed by atoms with Crippen LogP contribution in [0.4, 0.5) is 5.69 Å². The van der Waals surface area contributed by atoms with Crippen LogP contribution in [0.25, 0.3) is 0 Å². The summed E-state index contributed by atoms with van der Waals surface area (Å²) in [5.74, 6) is 0. The highest BCUT2D eigenvalue weighted by Gasteiger charge is 2.04. The predicted octanol–water partition coefficient (Wildman–Crippen LogP) is 5.24. The number of hydrogen-bond acceptors (Lipinski definition) is 2. The van der Waals surface area contributed by atoms with E-state index in [-0.39, 0.29) is 0 Å². The zero-order chi connectivity index (χ0) is 13.8. The van der Waals surface area contributed by atoms with Crippen LogP contribution in [0.15, 0.2) is 40.9 Å². The van der Waals surface area contributed by atoms with E-state index in [0.29, 0.717) is 22.2 Å². The summed E-state index contributed by atoms with van der Waals surface area (Å²) < 4.78 is 0.930. The van der Waals surface area contributed by atoms with Crippen LogP contribution in [0.1, 0.15) is 11.1 Å². The van der Waals surface area contributed by atoms with Gasteiger partial charge in [0.2, 0.25) is 0 Å². The van der Waals surface area contributed by atoms with Gasteiger partial charge in [-0.1, -0.05) is 45.2 Å². The van der Waals surface area contributed by atoms with Gasteiger partial charge in [-0.05, 0) is 35.9 Å². The normalized spacial score (nSPS) is 10.0. The third kappa shape index (κ3) is 3.63. The van der Waals surface area contributed by atoms with Crippen molar-refractivity contribution in [2.24, 2.45) is 0 Å². The summed E-state index contributed by atoms with van der Waals surface area (Å²) in [5.41, 5.74) is 2.31. The smallest absolute Gasteiger partial charge is 0.0992 e. The molecule has 5 heteroatoms. The Bertz CT molecular complexity index is 650. The highest BCUT2D eigenvalue weighted by molar-refractivity contribution is 9.10. The lowest BCUT2D eigenvalue weighted by molar-refractivity contribution is 1.15. The Morgan fingerprint density at radius 2 is 1.89 bits per heavy atom. The highest BCUT2D eigenvalue weighted by atomic mass is 79.9. The summed E-state index contributed by atoms with van der Waals surface area (Å²) in [6.07, 6.45) is 0. The maximum Gasteiger partial charge on any atom is 0.0992 e. The largest absolute Gasteiger partial charge is 0.380 e. The van der Waals surface area contributed by atoms with Gasteiger partial charge >= 0.3 is 0 Å². The quantitative estimate of drug-likeness (QED) is 0.817. The molecule has 0 unspecified atom stereocenters. The number of anilines is 1. The van der Waals surface area contributed by atoms with Gasteiger partial charge in [0, 0.05) is 16.0 Å². The number of hydrogen-bond donors (Lipinski definition) is 1. The summed E-state index contributed by atoms with van der Waals surface area (Å²) in [5, 5.41) is 13.2. The van der Waals surface area contributed by atoms with Crippen molar-refractivity contribution in [2.45, 2.75) is 6.54 Å². The number of halogens is 3. The summed E-state index contributed by atoms with van der Waals surface area (Å²) in [7, 11) is 0. The molecular weight excluding hydrogens is 347 g/mol. The van der Waals surface area contributed by atoms with Crippen molar-refractivity contribution in [3.05, 3.63) is 62.0 Å². The van der Waals surface area contributed by atoms with Gasteiger partial charge in [-0.25, -0.2) is 0 Å². The van der Waals surface area contributed by atoms with E-state index >= 15 is 0 Å². The molecule has 0 radical (unpaired) electrons. The van der Waals surface area contributed by atoms with Crippen LogP contribution in [0.3, 0.4) is 0 Å². The average molecular weight is 356 g/mol. The van der Waals surface area contributed by atoms with E-state index in [1.165, 1.54) is 0 Å². The van der Waals surface area contributed by atoms with E-state index < -0.39 is 0 Å². The Kier molecular flexibility index (Phi) is 4.71. The van der Waals surface area contributed by atoms with Gasteiger partial charge in [-0.15, -0.1) is 0 Å². The van der Waals surface area contributed by atoms with E-state index in [0.717, 1.165) is 15.7 Å². The Balaban J connectivity index is 2.13. The molecule has 2 aromatic carbocycles. The van der Waals surface area contributed by atoms with Gasteiger partial charge in [0.15, 0.2) is 0 Å². The Morgan fingerprint density at radius 3 is 2.53 bits per heavy atom. The van der Waals surface area contributed by atoms with Crippen molar-refractivity contribution in [3.63, 3.8) is 0 Å². The van der Waals surface area contributed by atoms with E-state index in [1.807, 2.05) is 24.3 Å². The molecular formula is C14H9BrCl2N2. The molecule has 2 rings (SSSR count). The monoisotopic (exact) mass is 354 g/mol. The first-order valence-corrected chi connectivity index (χ1v) is 7.02. The van der Waals surface area contributed by atoms with E-state index in [4.69, 9.17) is 28.5 Å². The van der Waals surface area contributed by atoms with Gasteiger partial charge in [-0.2, -0.15) is 5.26 Å². The first-order chi connectivity index (χ1) is 9.10. The summed E-state index contributed by atoms with van der Waals surface area (Å²) in [6.45, 7) is 0.548. The Hall–Kier alpha value is -1.21. The maximum atomic E-state index is 8.78. The van der Waals surface area contributed by atoms with Gasteiger partial charge in [0.1, 0.15) is 0 Å². The molecule has 0 amide bonds. The Morgan fingerprint density at radius 1 is 1.11 bits per heavy atom. The minimum Gasteiger partial charge on any atom is -0.380 e. The molecule has 2 aromatic rings. The van der Waals surface area contributed by atoms with Crippen molar-refractivity contribution >= 4 is 44.8 Å². The fourth-order valence-electron chi connectivity index (χ4n) is 1.58. The summed E-state index contributed by atoms with van der Waals surface area (Å²) in [6, 6.07) is 12.9. The maximum absolute atomic E-state index is 8.78. The molecule has 0 saturated heterocycles. The van der Waals surface area contributed by atoms with Crippen molar-refractivity contribution < 1.29 is 0 Å². The Labute approximate surface area is 130 Å². The van der Waals surface area contributed by atoms with Crippen molar-refractivity contribution in [3.8, 4) is 6.07 Å². The number of nitrogens with one attached hydrogen (secondary N) is 1. The average Bonchev–Trinajstić information content (AvgIpc) is 2.39. The van der Waals surface area contributed by atoms with Crippen LogP contribution in [0, 0.1) is 11.3 Å². The SMILES string of the molecule is N#Cc1ccc(CNc2ccc(Br)cc2Cl)c(Cl)c1. The first kappa shape index (κ1) is 14.2. The van der Waals surface area contributed by atoms with Crippen LogP contribution < -0.4 is 5.32 Å². The molecule has 0 saturated carbocycles. The summed E-state index contributed by atoms with van der Waals surface area (Å²) in [4.78, 5) is 0. The van der Waals surface area contributed by atoms with Gasteiger partial charge < -0.3 is 5.32 Å². The third-order valence-corrected chi connectivity index (χ3v) is 3.74. The molecule has 1 N–H and O–H groups in total. The lowest BCUT2D eigenvalue weighted by Gasteiger charge is -2.10. The van der Waals surface area contributed by atoms with Gasteiger partial charge in [0.05, 0.1) is 22.3 Å². The minimum absolute atomic E-state index is 0.548. The number of nitrogens with zero attached hydrogens (tertiary/aromatic N) is 1. The third-order valence-electron chi connectivity index (χ3n) is 2.58. The van der Waals surface area contributed by atoms with E-state index in [1.54, 1.807) is 12.1 Å². The van der Waals surface area contributed by atoms with Crippen LogP contribution in [0.2, 0.25) is 10.0 Å². The predicted molar refractivity (Wildman–Crippen MR) is 82.6 cm³/mol. The molecule has 0 aliphatic rings. The second kappa shape index (κ2) is 6.29. The topological polar surface area (TPSA) is 35.8 Å². The van der Waals surface area contributed by atoms with Crippen molar-refractivity contribution in [1.82, 2.24) is 0 Å². The molecule has 0 bridgehead atoms. The fourth-order valence-corrected chi connectivity index (χ4v) is 2.57. The second-order valence-corrected chi connectivity index (χ2v) is 5.63. The minimum atomic E-state index is 0.548. The molecule has 0 heterocycles.